The molecule has 0 amide bonds. The predicted molar refractivity (Wildman–Crippen MR) is 67.6 cm³/mol. The van der Waals surface area contributed by atoms with Gasteiger partial charge in [-0.1, -0.05) is 11.6 Å². The second-order valence-corrected chi connectivity index (χ2v) is 4.21. The maximum absolute atomic E-state index is 9.57. The monoisotopic (exact) mass is 259 g/mol. The summed E-state index contributed by atoms with van der Waals surface area (Å²) in [6, 6.07) is 5.36. The molecule has 0 radical (unpaired) electrons. The first-order valence-electron chi connectivity index (χ1n) is 5.52. The van der Waals surface area contributed by atoms with Crippen LogP contribution in [0.5, 0.6) is 5.75 Å². The number of benzene rings is 1. The molecule has 0 fully saturated rings. The molecule has 1 aromatic carbocycles. The van der Waals surface area contributed by atoms with Crippen LogP contribution < -0.4 is 10.1 Å². The van der Waals surface area contributed by atoms with E-state index in [2.05, 4.69) is 5.32 Å². The molecular formula is C12H18ClNO3. The lowest BCUT2D eigenvalue weighted by Crippen LogP contribution is -2.32. The highest BCUT2D eigenvalue weighted by Gasteiger charge is 2.05. The van der Waals surface area contributed by atoms with E-state index in [0.717, 1.165) is 5.56 Å². The highest BCUT2D eigenvalue weighted by molar-refractivity contribution is 6.31. The number of rotatable bonds is 7. The maximum Gasteiger partial charge on any atom is 0.119 e. The summed E-state index contributed by atoms with van der Waals surface area (Å²) in [6.07, 6.45) is -0.600. The van der Waals surface area contributed by atoms with Gasteiger partial charge in [0, 0.05) is 18.1 Å². The molecule has 0 saturated heterocycles. The number of nitrogens with one attached hydrogen (secondary N) is 1. The Kier molecular flexibility index (Phi) is 6.29. The smallest absolute Gasteiger partial charge is 0.119 e. The summed E-state index contributed by atoms with van der Waals surface area (Å²) in [5.74, 6) is 0.688. The molecule has 0 aliphatic carbocycles. The molecule has 1 aromatic rings. The van der Waals surface area contributed by atoms with E-state index >= 15 is 0 Å². The molecule has 0 aliphatic heterocycles. The van der Waals surface area contributed by atoms with Crippen molar-refractivity contribution < 1.29 is 14.9 Å². The van der Waals surface area contributed by atoms with Gasteiger partial charge in [-0.3, -0.25) is 0 Å². The molecular weight excluding hydrogens is 242 g/mol. The van der Waals surface area contributed by atoms with E-state index in [-0.39, 0.29) is 13.2 Å². The van der Waals surface area contributed by atoms with Crippen molar-refractivity contribution >= 4 is 11.6 Å². The molecule has 1 rings (SSSR count). The van der Waals surface area contributed by atoms with Crippen molar-refractivity contribution in [2.75, 3.05) is 26.3 Å². The first-order chi connectivity index (χ1) is 8.13. The Morgan fingerprint density at radius 3 is 2.88 bits per heavy atom. The third-order valence-electron chi connectivity index (χ3n) is 2.24. The van der Waals surface area contributed by atoms with Gasteiger partial charge in [-0.05, 0) is 30.7 Å². The van der Waals surface area contributed by atoms with Crippen molar-refractivity contribution in [2.45, 2.75) is 13.0 Å². The fourth-order valence-corrected chi connectivity index (χ4v) is 1.42. The van der Waals surface area contributed by atoms with Crippen LogP contribution in [0.3, 0.4) is 0 Å². The lowest BCUT2D eigenvalue weighted by molar-refractivity contribution is 0.105. The Hall–Kier alpha value is -0.810. The second kappa shape index (κ2) is 7.50. The second-order valence-electron chi connectivity index (χ2n) is 3.80. The van der Waals surface area contributed by atoms with Gasteiger partial charge in [-0.25, -0.2) is 0 Å². The summed E-state index contributed by atoms with van der Waals surface area (Å²) in [6.45, 7) is 3.03. The zero-order valence-electron chi connectivity index (χ0n) is 9.82. The van der Waals surface area contributed by atoms with Crippen LogP contribution in [0.15, 0.2) is 18.2 Å². The van der Waals surface area contributed by atoms with Gasteiger partial charge in [-0.2, -0.15) is 0 Å². The molecule has 0 aromatic heterocycles. The van der Waals surface area contributed by atoms with Gasteiger partial charge in [0.2, 0.25) is 0 Å². The normalized spacial score (nSPS) is 12.5. The number of aryl methyl sites for hydroxylation is 1. The van der Waals surface area contributed by atoms with Gasteiger partial charge >= 0.3 is 0 Å². The molecule has 4 nitrogen and oxygen atoms in total. The zero-order valence-corrected chi connectivity index (χ0v) is 10.6. The van der Waals surface area contributed by atoms with Crippen LogP contribution in [-0.4, -0.2) is 42.6 Å². The first kappa shape index (κ1) is 14.3. The van der Waals surface area contributed by atoms with Crippen LogP contribution in [0.1, 0.15) is 5.56 Å². The van der Waals surface area contributed by atoms with Crippen molar-refractivity contribution in [3.05, 3.63) is 28.8 Å². The summed E-state index contributed by atoms with van der Waals surface area (Å²) in [4.78, 5) is 0. The van der Waals surface area contributed by atoms with Crippen LogP contribution in [0.25, 0.3) is 0 Å². The molecule has 0 saturated carbocycles. The minimum atomic E-state index is -0.600. The van der Waals surface area contributed by atoms with Gasteiger partial charge in [0.15, 0.2) is 0 Å². The van der Waals surface area contributed by atoms with E-state index in [0.29, 0.717) is 23.9 Å². The summed E-state index contributed by atoms with van der Waals surface area (Å²) in [5.41, 5.74) is 0.942. The average Bonchev–Trinajstić information content (AvgIpc) is 2.31. The van der Waals surface area contributed by atoms with Gasteiger partial charge in [0.25, 0.3) is 0 Å². The fraction of sp³-hybridized carbons (Fsp3) is 0.500. The Bertz CT molecular complexity index is 347. The molecule has 17 heavy (non-hydrogen) atoms. The maximum atomic E-state index is 9.57. The van der Waals surface area contributed by atoms with E-state index in [9.17, 15) is 5.11 Å². The number of aliphatic hydroxyl groups is 2. The molecule has 0 aliphatic rings. The quantitative estimate of drug-likeness (QED) is 0.639. The van der Waals surface area contributed by atoms with E-state index in [1.54, 1.807) is 12.1 Å². The van der Waals surface area contributed by atoms with Crippen molar-refractivity contribution in [3.63, 3.8) is 0 Å². The molecule has 0 heterocycles. The minimum Gasteiger partial charge on any atom is -0.491 e. The Morgan fingerprint density at radius 2 is 2.24 bits per heavy atom. The van der Waals surface area contributed by atoms with Crippen LogP contribution >= 0.6 is 11.6 Å². The highest BCUT2D eigenvalue weighted by Crippen LogP contribution is 2.20. The standard InChI is InChI=1S/C12H18ClNO3/c1-9-6-11(2-3-12(9)13)17-8-10(16)7-14-4-5-15/h2-3,6,10,14-16H,4-5,7-8H2,1H3. The molecule has 1 unspecified atom stereocenters. The zero-order chi connectivity index (χ0) is 12.7. The Labute approximate surface area is 106 Å². The van der Waals surface area contributed by atoms with Crippen molar-refractivity contribution in [2.24, 2.45) is 0 Å². The SMILES string of the molecule is Cc1cc(OCC(O)CNCCO)ccc1Cl. The summed E-state index contributed by atoms with van der Waals surface area (Å²) in [7, 11) is 0. The van der Waals surface area contributed by atoms with Crippen LogP contribution in [-0.2, 0) is 0 Å². The van der Waals surface area contributed by atoms with Crippen LogP contribution in [0.4, 0.5) is 0 Å². The lowest BCUT2D eigenvalue weighted by atomic mass is 10.2. The number of halogens is 1. The fourth-order valence-electron chi connectivity index (χ4n) is 1.31. The predicted octanol–water partition coefficient (Wildman–Crippen LogP) is 0.970. The Morgan fingerprint density at radius 1 is 1.47 bits per heavy atom. The van der Waals surface area contributed by atoms with Crippen molar-refractivity contribution in [3.8, 4) is 5.75 Å². The third-order valence-corrected chi connectivity index (χ3v) is 2.66. The van der Waals surface area contributed by atoms with Crippen LogP contribution in [0.2, 0.25) is 5.02 Å². The van der Waals surface area contributed by atoms with Gasteiger partial charge < -0.3 is 20.3 Å². The van der Waals surface area contributed by atoms with E-state index in [1.807, 2.05) is 13.0 Å². The summed E-state index contributed by atoms with van der Waals surface area (Å²) in [5, 5.41) is 21.7. The number of aliphatic hydroxyl groups excluding tert-OH is 2. The van der Waals surface area contributed by atoms with Gasteiger partial charge in [0.1, 0.15) is 18.5 Å². The van der Waals surface area contributed by atoms with Crippen molar-refractivity contribution in [1.82, 2.24) is 5.32 Å². The summed E-state index contributed by atoms with van der Waals surface area (Å²) < 4.78 is 5.42. The molecule has 3 N–H and O–H groups in total. The molecule has 0 bridgehead atoms. The molecule has 0 spiro atoms. The van der Waals surface area contributed by atoms with Gasteiger partial charge in [-0.15, -0.1) is 0 Å². The number of ether oxygens (including phenoxy) is 1. The number of hydrogen-bond donors (Lipinski definition) is 3. The molecule has 96 valence electrons. The van der Waals surface area contributed by atoms with Crippen LogP contribution in [0, 0.1) is 6.92 Å². The lowest BCUT2D eigenvalue weighted by Gasteiger charge is -2.13. The molecule has 5 heteroatoms. The summed E-state index contributed by atoms with van der Waals surface area (Å²) >= 11 is 5.89. The topological polar surface area (TPSA) is 61.7 Å². The van der Waals surface area contributed by atoms with E-state index < -0.39 is 6.10 Å². The largest absolute Gasteiger partial charge is 0.491 e. The first-order valence-corrected chi connectivity index (χ1v) is 5.90. The van der Waals surface area contributed by atoms with E-state index in [4.69, 9.17) is 21.4 Å². The third kappa shape index (κ3) is 5.37. The van der Waals surface area contributed by atoms with Gasteiger partial charge in [0.05, 0.1) is 6.61 Å². The molecule has 1 atom stereocenters. The highest BCUT2D eigenvalue weighted by atomic mass is 35.5. The number of hydrogen-bond acceptors (Lipinski definition) is 4. The minimum absolute atomic E-state index is 0.0595. The van der Waals surface area contributed by atoms with Crippen molar-refractivity contribution in [1.29, 1.82) is 0 Å². The van der Waals surface area contributed by atoms with E-state index in [1.165, 1.54) is 0 Å². The average molecular weight is 260 g/mol. The Balaban J connectivity index is 2.31.